The predicted octanol–water partition coefficient (Wildman–Crippen LogP) is -0.0347. The molecule has 3 atom stereocenters. The Kier molecular flexibility index (Phi) is 6.95. The maximum atomic E-state index is 11.3. The third-order valence-electron chi connectivity index (χ3n) is 2.97. The Morgan fingerprint density at radius 3 is 1.78 bits per heavy atom. The van der Waals surface area contributed by atoms with Gasteiger partial charge in [-0.3, -0.25) is 19.2 Å². The second kappa shape index (κ2) is 8.47. The summed E-state index contributed by atoms with van der Waals surface area (Å²) in [5.41, 5.74) is 0. The molecule has 1 aliphatic rings. The van der Waals surface area contributed by atoms with Crippen molar-refractivity contribution >= 4 is 23.9 Å². The molecule has 1 saturated heterocycles. The van der Waals surface area contributed by atoms with Gasteiger partial charge in [0, 0.05) is 40.7 Å². The van der Waals surface area contributed by atoms with Crippen LogP contribution >= 0.6 is 0 Å². The van der Waals surface area contributed by atoms with Gasteiger partial charge >= 0.3 is 23.9 Å². The summed E-state index contributed by atoms with van der Waals surface area (Å²) in [6.45, 7) is 5.08. The molecule has 9 heteroatoms. The summed E-state index contributed by atoms with van der Waals surface area (Å²) in [7, 11) is 0. The van der Waals surface area contributed by atoms with Gasteiger partial charge in [-0.1, -0.05) is 0 Å². The molecule has 1 aliphatic heterocycles. The lowest BCUT2D eigenvalue weighted by Gasteiger charge is -2.29. The van der Waals surface area contributed by atoms with Crippen molar-refractivity contribution in [2.75, 3.05) is 13.1 Å². The van der Waals surface area contributed by atoms with E-state index in [1.807, 2.05) is 0 Å². The van der Waals surface area contributed by atoms with Crippen molar-refractivity contribution < 1.29 is 38.2 Å². The number of ether oxygens (including phenoxy) is 3. The van der Waals surface area contributed by atoms with E-state index in [1.165, 1.54) is 32.8 Å². The highest BCUT2D eigenvalue weighted by atomic mass is 16.7. The Morgan fingerprint density at radius 2 is 1.30 bits per heavy atom. The summed E-state index contributed by atoms with van der Waals surface area (Å²) in [6, 6.07) is 0. The molecule has 0 amide bonds. The van der Waals surface area contributed by atoms with Crippen LogP contribution in [0.1, 0.15) is 34.1 Å². The van der Waals surface area contributed by atoms with E-state index >= 15 is 0 Å². The number of hydroxylamine groups is 2. The predicted molar refractivity (Wildman–Crippen MR) is 74.6 cm³/mol. The number of esters is 3. The highest BCUT2D eigenvalue weighted by molar-refractivity contribution is 5.68. The highest BCUT2D eigenvalue weighted by Crippen LogP contribution is 2.22. The van der Waals surface area contributed by atoms with Crippen LogP contribution in [0.4, 0.5) is 0 Å². The van der Waals surface area contributed by atoms with Crippen molar-refractivity contribution in [3.8, 4) is 0 Å². The standard InChI is InChI=1S/C14H21NO8/c1-8(16)20-12-5-6-15(23-11(4)19)7-13(21-9(2)17)14(12)22-10(3)18/h12-14H,5-7H2,1-4H3/t12-,13+,14+/m1/s1. The zero-order chi connectivity index (χ0) is 17.6. The summed E-state index contributed by atoms with van der Waals surface area (Å²) >= 11 is 0. The molecular formula is C14H21NO8. The molecule has 130 valence electrons. The normalized spacial score (nSPS) is 25.0. The van der Waals surface area contributed by atoms with Gasteiger partial charge in [0.05, 0.1) is 6.54 Å². The quantitative estimate of drug-likeness (QED) is 0.518. The van der Waals surface area contributed by atoms with Crippen LogP contribution < -0.4 is 0 Å². The lowest BCUT2D eigenvalue weighted by molar-refractivity contribution is -0.199. The average Bonchev–Trinajstić information content (AvgIpc) is 2.50. The summed E-state index contributed by atoms with van der Waals surface area (Å²) < 4.78 is 15.5. The Morgan fingerprint density at radius 1 is 0.783 bits per heavy atom. The smallest absolute Gasteiger partial charge is 0.322 e. The molecule has 9 nitrogen and oxygen atoms in total. The third kappa shape index (κ3) is 6.64. The van der Waals surface area contributed by atoms with E-state index in [0.29, 0.717) is 0 Å². The second-order valence-corrected chi connectivity index (χ2v) is 5.13. The van der Waals surface area contributed by atoms with E-state index < -0.39 is 42.2 Å². The Bertz CT molecular complexity index is 477. The zero-order valence-corrected chi connectivity index (χ0v) is 13.6. The lowest BCUT2D eigenvalue weighted by atomic mass is 10.1. The van der Waals surface area contributed by atoms with Gasteiger partial charge in [0.1, 0.15) is 6.10 Å². The van der Waals surface area contributed by atoms with Gasteiger partial charge in [-0.15, -0.1) is 5.06 Å². The molecule has 0 unspecified atom stereocenters. The van der Waals surface area contributed by atoms with Crippen LogP contribution in [-0.2, 0) is 38.2 Å². The number of carbonyl (C=O) groups is 4. The number of hydrogen-bond acceptors (Lipinski definition) is 9. The molecule has 0 radical (unpaired) electrons. The zero-order valence-electron chi connectivity index (χ0n) is 13.6. The molecule has 1 fully saturated rings. The summed E-state index contributed by atoms with van der Waals surface area (Å²) in [4.78, 5) is 50.1. The third-order valence-corrected chi connectivity index (χ3v) is 2.97. The van der Waals surface area contributed by atoms with Gasteiger partial charge < -0.3 is 19.0 Å². The summed E-state index contributed by atoms with van der Waals surface area (Å²) in [6.07, 6.45) is -2.51. The number of hydrogen-bond donors (Lipinski definition) is 0. The fraction of sp³-hybridized carbons (Fsp3) is 0.714. The van der Waals surface area contributed by atoms with Gasteiger partial charge in [0.25, 0.3) is 0 Å². The number of nitrogens with zero attached hydrogens (tertiary/aromatic N) is 1. The van der Waals surface area contributed by atoms with Crippen LogP contribution in [0.3, 0.4) is 0 Å². The molecule has 0 aliphatic carbocycles. The Hall–Kier alpha value is -2.16. The summed E-state index contributed by atoms with van der Waals surface area (Å²) in [5, 5.41) is 1.29. The first-order chi connectivity index (χ1) is 10.7. The second-order valence-electron chi connectivity index (χ2n) is 5.13. The first kappa shape index (κ1) is 18.9. The fourth-order valence-electron chi connectivity index (χ4n) is 2.34. The minimum atomic E-state index is -0.985. The van der Waals surface area contributed by atoms with E-state index in [0.717, 1.165) is 0 Å². The molecule has 0 aromatic carbocycles. The molecule has 1 rings (SSSR count). The first-order valence-electron chi connectivity index (χ1n) is 7.14. The van der Waals surface area contributed by atoms with E-state index in [4.69, 9.17) is 19.0 Å². The molecule has 0 saturated carbocycles. The molecule has 0 spiro atoms. The van der Waals surface area contributed by atoms with Crippen molar-refractivity contribution in [2.45, 2.75) is 52.4 Å². The number of rotatable bonds is 4. The molecule has 23 heavy (non-hydrogen) atoms. The van der Waals surface area contributed by atoms with E-state index in [9.17, 15) is 19.2 Å². The molecule has 0 aromatic heterocycles. The van der Waals surface area contributed by atoms with Crippen molar-refractivity contribution in [3.05, 3.63) is 0 Å². The van der Waals surface area contributed by atoms with Crippen LogP contribution in [0, 0.1) is 0 Å². The van der Waals surface area contributed by atoms with Gasteiger partial charge in [0.15, 0.2) is 12.2 Å². The summed E-state index contributed by atoms with van der Waals surface area (Å²) in [5.74, 6) is -2.31. The van der Waals surface area contributed by atoms with Crippen LogP contribution in [-0.4, -0.2) is 60.3 Å². The minimum absolute atomic E-state index is 0.00509. The minimum Gasteiger partial charge on any atom is -0.458 e. The van der Waals surface area contributed by atoms with Crippen LogP contribution in [0.15, 0.2) is 0 Å². The van der Waals surface area contributed by atoms with E-state index in [-0.39, 0.29) is 19.5 Å². The van der Waals surface area contributed by atoms with Crippen molar-refractivity contribution in [2.24, 2.45) is 0 Å². The van der Waals surface area contributed by atoms with Crippen LogP contribution in [0.5, 0.6) is 0 Å². The molecule has 0 N–H and O–H groups in total. The largest absolute Gasteiger partial charge is 0.458 e. The van der Waals surface area contributed by atoms with Gasteiger partial charge in [-0.25, -0.2) is 0 Å². The lowest BCUT2D eigenvalue weighted by Crippen LogP contribution is -2.46. The van der Waals surface area contributed by atoms with Crippen molar-refractivity contribution in [3.63, 3.8) is 0 Å². The van der Waals surface area contributed by atoms with Gasteiger partial charge in [0.2, 0.25) is 0 Å². The van der Waals surface area contributed by atoms with Crippen molar-refractivity contribution in [1.82, 2.24) is 5.06 Å². The van der Waals surface area contributed by atoms with Gasteiger partial charge in [-0.05, 0) is 0 Å². The fourth-order valence-corrected chi connectivity index (χ4v) is 2.34. The average molecular weight is 331 g/mol. The topological polar surface area (TPSA) is 108 Å². The van der Waals surface area contributed by atoms with Gasteiger partial charge in [-0.2, -0.15) is 0 Å². The SMILES string of the molecule is CC(=O)O[C@@H]1[C@@H](OC(C)=O)CN(OC(C)=O)CC[C@H]1OC(C)=O. The maximum absolute atomic E-state index is 11.3. The van der Waals surface area contributed by atoms with Crippen LogP contribution in [0.2, 0.25) is 0 Å². The van der Waals surface area contributed by atoms with Crippen LogP contribution in [0.25, 0.3) is 0 Å². The molecule has 1 heterocycles. The van der Waals surface area contributed by atoms with Crippen molar-refractivity contribution in [1.29, 1.82) is 0 Å². The maximum Gasteiger partial charge on any atom is 0.322 e. The monoisotopic (exact) mass is 331 g/mol. The highest BCUT2D eigenvalue weighted by Gasteiger charge is 2.41. The Balaban J connectivity index is 3.04. The first-order valence-corrected chi connectivity index (χ1v) is 7.14. The van der Waals surface area contributed by atoms with E-state index in [1.54, 1.807) is 0 Å². The molecular weight excluding hydrogens is 310 g/mol. The molecule has 0 bridgehead atoms. The number of carbonyl (C=O) groups excluding carboxylic acids is 4. The Labute approximate surface area is 133 Å². The van der Waals surface area contributed by atoms with E-state index in [2.05, 4.69) is 0 Å². The molecule has 0 aromatic rings.